The monoisotopic (exact) mass is 318 g/mol. The molecule has 0 amide bonds. The van der Waals surface area contributed by atoms with Crippen LogP contribution in [0.4, 0.5) is 11.4 Å². The Morgan fingerprint density at radius 3 is 2.30 bits per heavy atom. The lowest BCUT2D eigenvalue weighted by Crippen LogP contribution is -2.38. The number of hydrogen-bond donors (Lipinski definition) is 2. The van der Waals surface area contributed by atoms with E-state index < -0.39 is 10.5 Å². The molecule has 1 aliphatic rings. The molecule has 0 aliphatic heterocycles. The smallest absolute Gasteiger partial charge is 0.272 e. The van der Waals surface area contributed by atoms with Gasteiger partial charge in [-0.25, -0.2) is 0 Å². The van der Waals surface area contributed by atoms with Crippen molar-refractivity contribution in [2.24, 2.45) is 0 Å². The fourth-order valence-electron chi connectivity index (χ4n) is 2.47. The van der Waals surface area contributed by atoms with Gasteiger partial charge in [0.15, 0.2) is 0 Å². The van der Waals surface area contributed by atoms with Crippen LogP contribution in [0.15, 0.2) is 12.1 Å². The fraction of sp³-hybridized carbons (Fsp3) is 0.538. The number of nitro benzene ring substituents is 1. The van der Waals surface area contributed by atoms with Gasteiger partial charge in [-0.1, -0.05) is 42.5 Å². The predicted molar refractivity (Wildman–Crippen MR) is 79.6 cm³/mol. The minimum atomic E-state index is -0.757. The molecule has 20 heavy (non-hydrogen) atoms. The van der Waals surface area contributed by atoms with Crippen LogP contribution in [0, 0.1) is 10.1 Å². The lowest BCUT2D eigenvalue weighted by Gasteiger charge is -2.32. The Labute approximate surface area is 127 Å². The quantitative estimate of drug-likeness (QED) is 0.649. The molecule has 0 unspecified atom stereocenters. The van der Waals surface area contributed by atoms with Gasteiger partial charge in [-0.2, -0.15) is 0 Å². The summed E-state index contributed by atoms with van der Waals surface area (Å²) in [6.45, 7) is 0.338. The van der Waals surface area contributed by atoms with Gasteiger partial charge in [0.2, 0.25) is 0 Å². The van der Waals surface area contributed by atoms with E-state index in [1.807, 2.05) is 0 Å². The van der Waals surface area contributed by atoms with E-state index in [-0.39, 0.29) is 15.7 Å². The van der Waals surface area contributed by atoms with E-state index in [2.05, 4.69) is 5.32 Å². The molecular formula is C13H16Cl2N2O3. The molecule has 0 radical (unpaired) electrons. The van der Waals surface area contributed by atoms with Crippen molar-refractivity contribution < 1.29 is 10.0 Å². The highest BCUT2D eigenvalue weighted by molar-refractivity contribution is 6.39. The number of anilines is 1. The molecule has 0 saturated heterocycles. The van der Waals surface area contributed by atoms with E-state index in [4.69, 9.17) is 23.2 Å². The zero-order chi connectivity index (χ0) is 14.8. The highest BCUT2D eigenvalue weighted by Crippen LogP contribution is 2.36. The van der Waals surface area contributed by atoms with Crippen LogP contribution in [0.3, 0.4) is 0 Å². The van der Waals surface area contributed by atoms with Crippen molar-refractivity contribution in [1.82, 2.24) is 0 Å². The second kappa shape index (κ2) is 6.16. The number of non-ortho nitro benzene ring substituents is 1. The summed E-state index contributed by atoms with van der Waals surface area (Å²) in [7, 11) is 0. The number of benzene rings is 1. The normalized spacial score (nSPS) is 17.8. The molecule has 7 heteroatoms. The third-order valence-electron chi connectivity index (χ3n) is 3.62. The van der Waals surface area contributed by atoms with Gasteiger partial charge in [-0.05, 0) is 12.8 Å². The molecule has 1 aromatic rings. The van der Waals surface area contributed by atoms with Crippen LogP contribution in [0.2, 0.25) is 10.0 Å². The van der Waals surface area contributed by atoms with E-state index in [1.54, 1.807) is 0 Å². The number of nitrogens with one attached hydrogen (secondary N) is 1. The van der Waals surface area contributed by atoms with Crippen molar-refractivity contribution in [2.75, 3.05) is 11.9 Å². The first-order valence-corrected chi connectivity index (χ1v) is 7.27. The topological polar surface area (TPSA) is 75.4 Å². The Morgan fingerprint density at radius 1 is 1.25 bits per heavy atom. The number of hydrogen-bond acceptors (Lipinski definition) is 4. The van der Waals surface area contributed by atoms with Crippen molar-refractivity contribution in [2.45, 2.75) is 37.7 Å². The largest absolute Gasteiger partial charge is 0.388 e. The Hall–Kier alpha value is -1.04. The first-order valence-electron chi connectivity index (χ1n) is 6.51. The molecule has 110 valence electrons. The third kappa shape index (κ3) is 3.53. The molecule has 0 atom stereocenters. The van der Waals surface area contributed by atoms with Crippen molar-refractivity contribution >= 4 is 34.6 Å². The molecule has 0 spiro atoms. The van der Waals surface area contributed by atoms with Crippen molar-refractivity contribution in [3.8, 4) is 0 Å². The molecule has 0 heterocycles. The summed E-state index contributed by atoms with van der Waals surface area (Å²) in [5, 5.41) is 24.5. The summed E-state index contributed by atoms with van der Waals surface area (Å²) >= 11 is 12.0. The maximum atomic E-state index is 10.7. The SMILES string of the molecule is O=[N+]([O-])c1cc(Cl)c(NCC2(O)CCCCC2)c(Cl)c1. The van der Waals surface area contributed by atoms with E-state index in [1.165, 1.54) is 12.1 Å². The summed E-state index contributed by atoms with van der Waals surface area (Å²) in [6.07, 6.45) is 4.62. The zero-order valence-corrected chi connectivity index (χ0v) is 12.4. The van der Waals surface area contributed by atoms with E-state index in [0.717, 1.165) is 32.1 Å². The average molecular weight is 319 g/mol. The Morgan fingerprint density at radius 2 is 1.80 bits per heavy atom. The standard InChI is InChI=1S/C13H16Cl2N2O3/c14-10-6-9(17(19)20)7-11(15)12(10)16-8-13(18)4-2-1-3-5-13/h6-7,16,18H,1-5,8H2. The lowest BCUT2D eigenvalue weighted by molar-refractivity contribution is -0.384. The molecule has 0 bridgehead atoms. The summed E-state index contributed by atoms with van der Waals surface area (Å²) in [4.78, 5) is 10.2. The van der Waals surface area contributed by atoms with E-state index in [0.29, 0.717) is 12.2 Å². The predicted octanol–water partition coefficient (Wildman–Crippen LogP) is 4.01. The Bertz CT molecular complexity index is 493. The Kier molecular flexibility index (Phi) is 4.73. The van der Waals surface area contributed by atoms with Gasteiger partial charge >= 0.3 is 0 Å². The zero-order valence-electron chi connectivity index (χ0n) is 10.9. The van der Waals surface area contributed by atoms with Gasteiger partial charge in [0.05, 0.1) is 26.3 Å². The molecule has 1 aliphatic carbocycles. The van der Waals surface area contributed by atoms with Crippen LogP contribution in [0.25, 0.3) is 0 Å². The molecular weight excluding hydrogens is 303 g/mol. The van der Waals surface area contributed by atoms with Crippen LogP contribution >= 0.6 is 23.2 Å². The molecule has 5 nitrogen and oxygen atoms in total. The minimum absolute atomic E-state index is 0.151. The average Bonchev–Trinajstić information content (AvgIpc) is 2.38. The van der Waals surface area contributed by atoms with Crippen molar-refractivity contribution in [3.63, 3.8) is 0 Å². The molecule has 1 fully saturated rings. The summed E-state index contributed by atoms with van der Waals surface area (Å²) < 4.78 is 0. The molecule has 0 aromatic heterocycles. The van der Waals surface area contributed by atoms with Gasteiger partial charge < -0.3 is 10.4 Å². The minimum Gasteiger partial charge on any atom is -0.388 e. The van der Waals surface area contributed by atoms with E-state index >= 15 is 0 Å². The van der Waals surface area contributed by atoms with Crippen molar-refractivity contribution in [3.05, 3.63) is 32.3 Å². The Balaban J connectivity index is 2.11. The molecule has 2 N–H and O–H groups in total. The summed E-state index contributed by atoms with van der Waals surface area (Å²) in [6, 6.07) is 2.50. The van der Waals surface area contributed by atoms with Crippen LogP contribution in [0.5, 0.6) is 0 Å². The van der Waals surface area contributed by atoms with Gasteiger partial charge in [-0.15, -0.1) is 0 Å². The van der Waals surface area contributed by atoms with Gasteiger partial charge in [0.1, 0.15) is 0 Å². The number of nitrogens with zero attached hydrogens (tertiary/aromatic N) is 1. The number of halogens is 2. The molecule has 1 aromatic carbocycles. The first-order chi connectivity index (χ1) is 9.41. The van der Waals surface area contributed by atoms with Crippen LogP contribution in [0.1, 0.15) is 32.1 Å². The summed E-state index contributed by atoms with van der Waals surface area (Å²) in [5.74, 6) is 0. The first kappa shape index (κ1) is 15.4. The number of aliphatic hydroxyl groups is 1. The lowest BCUT2D eigenvalue weighted by atomic mass is 9.85. The van der Waals surface area contributed by atoms with Gasteiger partial charge in [-0.3, -0.25) is 10.1 Å². The number of nitro groups is 1. The maximum Gasteiger partial charge on any atom is 0.272 e. The third-order valence-corrected chi connectivity index (χ3v) is 4.21. The maximum absolute atomic E-state index is 10.7. The highest BCUT2D eigenvalue weighted by atomic mass is 35.5. The highest BCUT2D eigenvalue weighted by Gasteiger charge is 2.29. The summed E-state index contributed by atoms with van der Waals surface area (Å²) in [5.41, 5.74) is -0.480. The number of rotatable bonds is 4. The van der Waals surface area contributed by atoms with Crippen LogP contribution in [-0.2, 0) is 0 Å². The molecule has 2 rings (SSSR count). The van der Waals surface area contributed by atoms with Gasteiger partial charge in [0, 0.05) is 18.7 Å². The van der Waals surface area contributed by atoms with Crippen LogP contribution < -0.4 is 5.32 Å². The second-order valence-corrected chi connectivity index (χ2v) is 5.99. The second-order valence-electron chi connectivity index (χ2n) is 5.18. The molecule has 1 saturated carbocycles. The van der Waals surface area contributed by atoms with Crippen molar-refractivity contribution in [1.29, 1.82) is 0 Å². The van der Waals surface area contributed by atoms with Gasteiger partial charge in [0.25, 0.3) is 5.69 Å². The fourth-order valence-corrected chi connectivity index (χ4v) is 3.08. The van der Waals surface area contributed by atoms with Crippen LogP contribution in [-0.4, -0.2) is 22.2 Å². The van der Waals surface area contributed by atoms with E-state index in [9.17, 15) is 15.2 Å².